The summed E-state index contributed by atoms with van der Waals surface area (Å²) in [5.74, 6) is -1.94. The second-order valence-electron chi connectivity index (χ2n) is 4.83. The lowest BCUT2D eigenvalue weighted by molar-refractivity contribution is 0.0698. The predicted molar refractivity (Wildman–Crippen MR) is 71.9 cm³/mol. The van der Waals surface area contributed by atoms with Gasteiger partial charge in [0.1, 0.15) is 11.4 Å². The zero-order valence-electron chi connectivity index (χ0n) is 10.8. The molecule has 2 rings (SSSR count). The van der Waals surface area contributed by atoms with Crippen LogP contribution in [0.25, 0.3) is 0 Å². The van der Waals surface area contributed by atoms with Gasteiger partial charge in [0.2, 0.25) is 0 Å². The van der Waals surface area contributed by atoms with Crippen LogP contribution in [0.15, 0.2) is 12.1 Å². The summed E-state index contributed by atoms with van der Waals surface area (Å²) < 4.78 is 13.3. The SMILES string of the molecule is CN(CCNc1ccc(F)c(N)c1C(=O)O)C1CC1. The molecule has 1 aliphatic rings. The minimum absolute atomic E-state index is 0.200. The van der Waals surface area contributed by atoms with E-state index in [2.05, 4.69) is 10.2 Å². The number of aromatic carboxylic acids is 1. The number of nitrogens with two attached hydrogens (primary N) is 1. The van der Waals surface area contributed by atoms with E-state index in [1.165, 1.54) is 25.0 Å². The molecule has 0 saturated heterocycles. The number of hydrogen-bond donors (Lipinski definition) is 3. The molecule has 0 atom stereocenters. The van der Waals surface area contributed by atoms with Crippen molar-refractivity contribution < 1.29 is 14.3 Å². The Hall–Kier alpha value is -1.82. The molecule has 6 heteroatoms. The van der Waals surface area contributed by atoms with Gasteiger partial charge in [-0.05, 0) is 32.0 Å². The number of carbonyl (C=O) groups is 1. The van der Waals surface area contributed by atoms with E-state index in [0.29, 0.717) is 18.3 Å². The lowest BCUT2D eigenvalue weighted by atomic mass is 10.1. The van der Waals surface area contributed by atoms with Crippen molar-refractivity contribution in [2.24, 2.45) is 0 Å². The van der Waals surface area contributed by atoms with Crippen LogP contribution in [0.5, 0.6) is 0 Å². The molecule has 0 spiro atoms. The Morgan fingerprint density at radius 2 is 2.26 bits per heavy atom. The van der Waals surface area contributed by atoms with Crippen molar-refractivity contribution in [1.29, 1.82) is 0 Å². The summed E-state index contributed by atoms with van der Waals surface area (Å²) in [5.41, 5.74) is 5.30. The minimum Gasteiger partial charge on any atom is -0.478 e. The van der Waals surface area contributed by atoms with Crippen LogP contribution in [0, 0.1) is 5.82 Å². The van der Waals surface area contributed by atoms with E-state index in [1.807, 2.05) is 7.05 Å². The van der Waals surface area contributed by atoms with Crippen LogP contribution in [-0.2, 0) is 0 Å². The molecule has 4 N–H and O–H groups in total. The Bertz CT molecular complexity index is 489. The van der Waals surface area contributed by atoms with Crippen molar-refractivity contribution in [3.63, 3.8) is 0 Å². The average Bonchev–Trinajstić information content (AvgIpc) is 3.17. The van der Waals surface area contributed by atoms with Crippen LogP contribution in [0.1, 0.15) is 23.2 Å². The Morgan fingerprint density at radius 1 is 1.58 bits per heavy atom. The van der Waals surface area contributed by atoms with E-state index >= 15 is 0 Å². The molecule has 1 aromatic rings. The largest absolute Gasteiger partial charge is 0.478 e. The van der Waals surface area contributed by atoms with Gasteiger partial charge >= 0.3 is 5.97 Å². The van der Waals surface area contributed by atoms with Crippen molar-refractivity contribution >= 4 is 17.3 Å². The quantitative estimate of drug-likeness (QED) is 0.682. The molecule has 0 aromatic heterocycles. The van der Waals surface area contributed by atoms with Crippen molar-refractivity contribution in [1.82, 2.24) is 4.90 Å². The van der Waals surface area contributed by atoms with Gasteiger partial charge in [-0.15, -0.1) is 0 Å². The maximum Gasteiger partial charge on any atom is 0.340 e. The number of hydrogen-bond acceptors (Lipinski definition) is 4. The van der Waals surface area contributed by atoms with E-state index in [9.17, 15) is 9.18 Å². The summed E-state index contributed by atoms with van der Waals surface area (Å²) >= 11 is 0. The van der Waals surface area contributed by atoms with E-state index < -0.39 is 11.8 Å². The topological polar surface area (TPSA) is 78.6 Å². The predicted octanol–water partition coefficient (Wildman–Crippen LogP) is 1.61. The summed E-state index contributed by atoms with van der Waals surface area (Å²) in [4.78, 5) is 13.3. The van der Waals surface area contributed by atoms with Crippen LogP contribution >= 0.6 is 0 Å². The van der Waals surface area contributed by atoms with E-state index in [-0.39, 0.29) is 11.3 Å². The molecule has 0 bridgehead atoms. The maximum absolute atomic E-state index is 13.3. The molecule has 5 nitrogen and oxygen atoms in total. The van der Waals surface area contributed by atoms with Gasteiger partial charge in [-0.3, -0.25) is 0 Å². The molecule has 0 heterocycles. The van der Waals surface area contributed by atoms with Crippen LogP contribution in [0.2, 0.25) is 0 Å². The molecule has 0 aliphatic heterocycles. The number of nitrogens with one attached hydrogen (secondary N) is 1. The van der Waals surface area contributed by atoms with Gasteiger partial charge in [0, 0.05) is 19.1 Å². The minimum atomic E-state index is -1.23. The normalized spacial score (nSPS) is 14.7. The summed E-state index contributed by atoms with van der Waals surface area (Å²) in [7, 11) is 2.04. The summed E-state index contributed by atoms with van der Waals surface area (Å²) in [6.07, 6.45) is 2.45. The molecule has 1 aromatic carbocycles. The first kappa shape index (κ1) is 13.6. The fourth-order valence-electron chi connectivity index (χ4n) is 2.04. The molecule has 0 amide bonds. The van der Waals surface area contributed by atoms with Crippen molar-refractivity contribution in [2.45, 2.75) is 18.9 Å². The smallest absolute Gasteiger partial charge is 0.340 e. The van der Waals surface area contributed by atoms with E-state index in [1.54, 1.807) is 0 Å². The highest BCUT2D eigenvalue weighted by atomic mass is 19.1. The molecule has 1 fully saturated rings. The molecular formula is C13H18FN3O2. The summed E-state index contributed by atoms with van der Waals surface area (Å²) in [5, 5.41) is 12.1. The number of rotatable bonds is 6. The fourth-order valence-corrected chi connectivity index (χ4v) is 2.04. The summed E-state index contributed by atoms with van der Waals surface area (Å²) in [6.45, 7) is 1.40. The number of carboxylic acid groups (broad SMARTS) is 1. The number of benzene rings is 1. The Kier molecular flexibility index (Phi) is 3.90. The molecule has 1 saturated carbocycles. The highest BCUT2D eigenvalue weighted by molar-refractivity contribution is 6.00. The molecule has 1 aliphatic carbocycles. The first-order valence-electron chi connectivity index (χ1n) is 6.26. The monoisotopic (exact) mass is 267 g/mol. The molecule has 0 unspecified atom stereocenters. The number of halogens is 1. The van der Waals surface area contributed by atoms with Gasteiger partial charge in [0.05, 0.1) is 11.4 Å². The zero-order valence-corrected chi connectivity index (χ0v) is 10.8. The molecule has 104 valence electrons. The van der Waals surface area contributed by atoms with Gasteiger partial charge in [-0.25, -0.2) is 9.18 Å². The fraction of sp³-hybridized carbons (Fsp3) is 0.462. The van der Waals surface area contributed by atoms with Gasteiger partial charge in [0.25, 0.3) is 0 Å². The van der Waals surface area contributed by atoms with Gasteiger partial charge in [-0.1, -0.05) is 0 Å². The number of likely N-dealkylation sites (N-methyl/N-ethyl adjacent to an activating group) is 1. The highest BCUT2D eigenvalue weighted by Crippen LogP contribution is 2.26. The second-order valence-corrected chi connectivity index (χ2v) is 4.83. The van der Waals surface area contributed by atoms with Crippen LogP contribution in [0.3, 0.4) is 0 Å². The Balaban J connectivity index is 2.02. The van der Waals surface area contributed by atoms with Crippen LogP contribution in [-0.4, -0.2) is 42.2 Å². The highest BCUT2D eigenvalue weighted by Gasteiger charge is 2.25. The van der Waals surface area contributed by atoms with Crippen molar-refractivity contribution in [3.05, 3.63) is 23.5 Å². The van der Waals surface area contributed by atoms with E-state index in [0.717, 1.165) is 6.54 Å². The first-order valence-corrected chi connectivity index (χ1v) is 6.26. The summed E-state index contributed by atoms with van der Waals surface area (Å²) in [6, 6.07) is 3.24. The first-order chi connectivity index (χ1) is 9.00. The number of carboxylic acids is 1. The Morgan fingerprint density at radius 3 is 2.84 bits per heavy atom. The van der Waals surface area contributed by atoms with E-state index in [4.69, 9.17) is 10.8 Å². The molecule has 19 heavy (non-hydrogen) atoms. The molecule has 0 radical (unpaired) electrons. The van der Waals surface area contributed by atoms with Crippen molar-refractivity contribution in [2.75, 3.05) is 31.2 Å². The zero-order chi connectivity index (χ0) is 14.0. The van der Waals surface area contributed by atoms with Gasteiger partial charge in [-0.2, -0.15) is 0 Å². The van der Waals surface area contributed by atoms with Crippen molar-refractivity contribution in [3.8, 4) is 0 Å². The molecular weight excluding hydrogens is 249 g/mol. The van der Waals surface area contributed by atoms with Crippen LogP contribution in [0.4, 0.5) is 15.8 Å². The number of nitrogens with zero attached hydrogens (tertiary/aromatic N) is 1. The van der Waals surface area contributed by atoms with Gasteiger partial charge in [0.15, 0.2) is 0 Å². The maximum atomic E-state index is 13.3. The van der Waals surface area contributed by atoms with Crippen LogP contribution < -0.4 is 11.1 Å². The lowest BCUT2D eigenvalue weighted by Crippen LogP contribution is -2.27. The third-order valence-corrected chi connectivity index (χ3v) is 3.36. The average molecular weight is 267 g/mol. The third-order valence-electron chi connectivity index (χ3n) is 3.36. The lowest BCUT2D eigenvalue weighted by Gasteiger charge is -2.17. The standard InChI is InChI=1S/C13H18FN3O2/c1-17(8-2-3-8)7-6-16-10-5-4-9(14)12(15)11(10)13(18)19/h4-5,8,16H,2-3,6-7,15H2,1H3,(H,18,19). The van der Waals surface area contributed by atoms with Gasteiger partial charge < -0.3 is 21.1 Å². The number of nitrogen functional groups attached to an aromatic ring is 1. The second kappa shape index (κ2) is 5.44. The number of anilines is 2. The Labute approximate surface area is 111 Å². The third kappa shape index (κ3) is 3.14.